The van der Waals surface area contributed by atoms with Crippen LogP contribution in [0.2, 0.25) is 0 Å². The minimum atomic E-state index is -0.301. The molecule has 5 heteroatoms. The van der Waals surface area contributed by atoms with Crippen LogP contribution >= 0.6 is 24.0 Å². The smallest absolute Gasteiger partial charge is 0.170 e. The van der Waals surface area contributed by atoms with Crippen LogP contribution in [-0.4, -0.2) is 17.4 Å². The maximum absolute atomic E-state index is 13.5. The van der Waals surface area contributed by atoms with E-state index in [1.165, 1.54) is 17.2 Å². The Morgan fingerprint density at radius 2 is 1.87 bits per heavy atom. The summed E-state index contributed by atoms with van der Waals surface area (Å²) in [6, 6.07) is 15.0. The van der Waals surface area contributed by atoms with E-state index in [-0.39, 0.29) is 5.82 Å². The molecule has 0 heterocycles. The second kappa shape index (κ2) is 9.53. The molecule has 0 aliphatic heterocycles. The van der Waals surface area contributed by atoms with Crippen molar-refractivity contribution in [2.75, 3.05) is 17.6 Å². The molecule has 2 aromatic rings. The number of benzene rings is 2. The number of hydrogen-bond acceptors (Lipinski definition) is 2. The van der Waals surface area contributed by atoms with E-state index in [1.807, 2.05) is 11.8 Å². The number of aryl methyl sites for hydroxylation is 1. The van der Waals surface area contributed by atoms with Crippen LogP contribution in [-0.2, 0) is 5.75 Å². The lowest BCUT2D eigenvalue weighted by molar-refractivity contribution is 0.632. The number of anilines is 1. The van der Waals surface area contributed by atoms with Gasteiger partial charge in [-0.05, 0) is 54.6 Å². The predicted molar refractivity (Wildman–Crippen MR) is 103 cm³/mol. The maximum Gasteiger partial charge on any atom is 0.170 e. The van der Waals surface area contributed by atoms with Gasteiger partial charge >= 0.3 is 0 Å². The monoisotopic (exact) mass is 348 g/mol. The average Bonchev–Trinajstić information content (AvgIpc) is 2.54. The lowest BCUT2D eigenvalue weighted by Crippen LogP contribution is -2.29. The molecule has 2 rings (SSSR count). The molecule has 0 spiro atoms. The van der Waals surface area contributed by atoms with Crippen LogP contribution in [0.15, 0.2) is 48.5 Å². The van der Waals surface area contributed by atoms with Crippen molar-refractivity contribution in [1.82, 2.24) is 5.32 Å². The van der Waals surface area contributed by atoms with Crippen molar-refractivity contribution in [1.29, 1.82) is 0 Å². The summed E-state index contributed by atoms with van der Waals surface area (Å²) in [6.07, 6.45) is 1.01. The van der Waals surface area contributed by atoms with Crippen molar-refractivity contribution < 1.29 is 4.39 Å². The van der Waals surface area contributed by atoms with E-state index in [4.69, 9.17) is 12.2 Å². The molecule has 122 valence electrons. The lowest BCUT2D eigenvalue weighted by atomic mass is 10.1. The SMILES string of the molecule is Cc1ccccc1CSCCCNC(=S)Nc1ccccc1F. The van der Waals surface area contributed by atoms with Gasteiger partial charge in [-0.25, -0.2) is 4.39 Å². The molecule has 0 aliphatic carbocycles. The number of hydrogen-bond donors (Lipinski definition) is 2. The number of halogens is 1. The normalized spacial score (nSPS) is 10.3. The van der Waals surface area contributed by atoms with E-state index in [0.717, 1.165) is 24.5 Å². The highest BCUT2D eigenvalue weighted by Crippen LogP contribution is 2.16. The number of thiocarbonyl (C=S) groups is 1. The predicted octanol–water partition coefficient (Wildman–Crippen LogP) is 4.74. The molecule has 0 amide bonds. The lowest BCUT2D eigenvalue weighted by Gasteiger charge is -2.11. The van der Waals surface area contributed by atoms with Crippen LogP contribution in [0.5, 0.6) is 0 Å². The van der Waals surface area contributed by atoms with Crippen LogP contribution in [0.4, 0.5) is 10.1 Å². The van der Waals surface area contributed by atoms with Gasteiger partial charge in [0.2, 0.25) is 0 Å². The Kier molecular flexibility index (Phi) is 7.36. The van der Waals surface area contributed by atoms with Crippen LogP contribution in [0.25, 0.3) is 0 Å². The Bertz CT molecular complexity index is 646. The Hall–Kier alpha value is -1.59. The summed E-state index contributed by atoms with van der Waals surface area (Å²) in [4.78, 5) is 0. The molecule has 2 N–H and O–H groups in total. The standard InChI is InChI=1S/C18H21FN2S2/c1-14-7-2-3-8-15(14)13-23-12-6-11-20-18(22)21-17-10-5-4-9-16(17)19/h2-5,7-10H,6,11-13H2,1H3,(H2,20,21,22). The topological polar surface area (TPSA) is 24.1 Å². The third-order valence-corrected chi connectivity index (χ3v) is 4.73. The van der Waals surface area contributed by atoms with Gasteiger partial charge in [0.25, 0.3) is 0 Å². The minimum Gasteiger partial charge on any atom is -0.362 e. The number of thioether (sulfide) groups is 1. The first-order chi connectivity index (χ1) is 11.2. The van der Waals surface area contributed by atoms with Crippen LogP contribution in [0.1, 0.15) is 17.5 Å². The van der Waals surface area contributed by atoms with Gasteiger partial charge < -0.3 is 10.6 Å². The van der Waals surface area contributed by atoms with Gasteiger partial charge in [0, 0.05) is 12.3 Å². The van der Waals surface area contributed by atoms with Crippen LogP contribution in [0, 0.1) is 12.7 Å². The third kappa shape index (κ3) is 6.20. The quantitative estimate of drug-likeness (QED) is 0.557. The Morgan fingerprint density at radius 3 is 2.65 bits per heavy atom. The summed E-state index contributed by atoms with van der Waals surface area (Å²) in [5.41, 5.74) is 3.13. The van der Waals surface area contributed by atoms with Crippen LogP contribution in [0.3, 0.4) is 0 Å². The van der Waals surface area contributed by atoms with Crippen molar-refractivity contribution in [3.63, 3.8) is 0 Å². The Labute approximate surface area is 146 Å². The van der Waals surface area contributed by atoms with E-state index in [9.17, 15) is 4.39 Å². The van der Waals surface area contributed by atoms with Crippen molar-refractivity contribution in [3.8, 4) is 0 Å². The molecule has 0 saturated heterocycles. The summed E-state index contributed by atoms with van der Waals surface area (Å²) in [6.45, 7) is 2.92. The molecule has 0 aliphatic rings. The van der Waals surface area contributed by atoms with E-state index in [0.29, 0.717) is 10.8 Å². The molecule has 0 saturated carbocycles. The largest absolute Gasteiger partial charge is 0.362 e. The fourth-order valence-corrected chi connectivity index (χ4v) is 3.31. The molecule has 0 fully saturated rings. The first kappa shape index (κ1) is 17.8. The van der Waals surface area contributed by atoms with Crippen molar-refractivity contribution >= 4 is 34.8 Å². The van der Waals surface area contributed by atoms with Gasteiger partial charge in [-0.2, -0.15) is 11.8 Å². The number of rotatable bonds is 7. The maximum atomic E-state index is 13.5. The molecule has 2 aromatic carbocycles. The summed E-state index contributed by atoms with van der Waals surface area (Å²) < 4.78 is 13.5. The molecule has 0 atom stereocenters. The first-order valence-electron chi connectivity index (χ1n) is 7.58. The second-order valence-electron chi connectivity index (χ2n) is 5.19. The van der Waals surface area contributed by atoms with Gasteiger partial charge in [0.1, 0.15) is 5.82 Å². The first-order valence-corrected chi connectivity index (χ1v) is 9.15. The average molecular weight is 349 g/mol. The van der Waals surface area contributed by atoms with Crippen molar-refractivity contribution in [2.45, 2.75) is 19.1 Å². The van der Waals surface area contributed by atoms with Crippen molar-refractivity contribution in [2.24, 2.45) is 0 Å². The molecule has 0 aromatic heterocycles. The molecule has 0 radical (unpaired) electrons. The van der Waals surface area contributed by atoms with Gasteiger partial charge in [-0.15, -0.1) is 0 Å². The van der Waals surface area contributed by atoms with Gasteiger partial charge in [-0.3, -0.25) is 0 Å². The zero-order valence-corrected chi connectivity index (χ0v) is 14.8. The molecule has 23 heavy (non-hydrogen) atoms. The fraction of sp³-hybridized carbons (Fsp3) is 0.278. The van der Waals surface area contributed by atoms with E-state index in [2.05, 4.69) is 41.8 Å². The molecule has 0 bridgehead atoms. The highest BCUT2D eigenvalue weighted by atomic mass is 32.2. The van der Waals surface area contributed by atoms with Gasteiger partial charge in [0.15, 0.2) is 5.11 Å². The van der Waals surface area contributed by atoms with E-state index < -0.39 is 0 Å². The van der Waals surface area contributed by atoms with Gasteiger partial charge in [0.05, 0.1) is 5.69 Å². The Balaban J connectivity index is 1.59. The summed E-state index contributed by atoms with van der Waals surface area (Å²) in [7, 11) is 0. The fourth-order valence-electron chi connectivity index (χ4n) is 2.06. The summed E-state index contributed by atoms with van der Waals surface area (Å²) in [5.74, 6) is 1.79. The van der Waals surface area contributed by atoms with E-state index >= 15 is 0 Å². The zero-order valence-electron chi connectivity index (χ0n) is 13.1. The third-order valence-electron chi connectivity index (χ3n) is 3.39. The minimum absolute atomic E-state index is 0.301. The zero-order chi connectivity index (χ0) is 16.5. The number of nitrogens with one attached hydrogen (secondary N) is 2. The summed E-state index contributed by atoms with van der Waals surface area (Å²) >= 11 is 7.09. The van der Waals surface area contributed by atoms with Gasteiger partial charge in [-0.1, -0.05) is 36.4 Å². The second-order valence-corrected chi connectivity index (χ2v) is 6.71. The highest BCUT2D eigenvalue weighted by molar-refractivity contribution is 7.98. The molecule has 0 unspecified atom stereocenters. The highest BCUT2D eigenvalue weighted by Gasteiger charge is 2.02. The summed E-state index contributed by atoms with van der Waals surface area (Å²) in [5, 5.41) is 6.44. The molecular formula is C18H21FN2S2. The molecular weight excluding hydrogens is 327 g/mol. The molecule has 2 nitrogen and oxygen atoms in total. The van der Waals surface area contributed by atoms with Crippen LogP contribution < -0.4 is 10.6 Å². The Morgan fingerprint density at radius 1 is 1.13 bits per heavy atom. The van der Waals surface area contributed by atoms with E-state index in [1.54, 1.807) is 18.2 Å². The number of para-hydroxylation sites is 1. The van der Waals surface area contributed by atoms with Crippen molar-refractivity contribution in [3.05, 3.63) is 65.5 Å².